The zero-order chi connectivity index (χ0) is 20.3. The van der Waals surface area contributed by atoms with Gasteiger partial charge in [-0.25, -0.2) is 14.5 Å². The van der Waals surface area contributed by atoms with Gasteiger partial charge in [-0.1, -0.05) is 30.8 Å². The van der Waals surface area contributed by atoms with Crippen LogP contribution >= 0.6 is 11.6 Å². The summed E-state index contributed by atoms with van der Waals surface area (Å²) in [6, 6.07) is 1.46. The molecule has 0 saturated carbocycles. The molecule has 0 aliphatic carbocycles. The van der Waals surface area contributed by atoms with Gasteiger partial charge in [0.05, 0.1) is 29.6 Å². The number of hydrogen-bond donors (Lipinski definition) is 0. The van der Waals surface area contributed by atoms with Gasteiger partial charge in [-0.05, 0) is 31.4 Å². The summed E-state index contributed by atoms with van der Waals surface area (Å²) in [6.07, 6.45) is 6.53. The molecular formula is C20H20ClN3O4. The van der Waals surface area contributed by atoms with Gasteiger partial charge in [-0.3, -0.25) is 4.79 Å². The molecule has 0 N–H and O–H groups in total. The first kappa shape index (κ1) is 20.0. The molecule has 28 heavy (non-hydrogen) atoms. The lowest BCUT2D eigenvalue weighted by Gasteiger charge is -2.24. The number of halogens is 1. The first-order valence-corrected chi connectivity index (χ1v) is 9.17. The predicted octanol–water partition coefficient (Wildman–Crippen LogP) is 3.73. The molecule has 1 unspecified atom stereocenters. The fourth-order valence-electron chi connectivity index (χ4n) is 3.17. The minimum atomic E-state index is -0.638. The average molecular weight is 402 g/mol. The van der Waals surface area contributed by atoms with Crippen molar-refractivity contribution < 1.29 is 14.3 Å². The van der Waals surface area contributed by atoms with Crippen LogP contribution in [0.3, 0.4) is 0 Å². The third kappa shape index (κ3) is 3.63. The van der Waals surface area contributed by atoms with Gasteiger partial charge in [-0.2, -0.15) is 5.10 Å². The van der Waals surface area contributed by atoms with Gasteiger partial charge in [0.2, 0.25) is 0 Å². The number of carbonyl (C=O) groups excluding carboxylic acids is 1. The van der Waals surface area contributed by atoms with E-state index >= 15 is 0 Å². The molecule has 3 rings (SSSR count). The van der Waals surface area contributed by atoms with E-state index in [0.717, 1.165) is 12.8 Å². The van der Waals surface area contributed by atoms with E-state index in [4.69, 9.17) is 21.1 Å². The minimum Gasteiger partial charge on any atom is -0.464 e. The molecule has 0 aromatic carbocycles. The molecule has 1 aliphatic rings. The zero-order valence-corrected chi connectivity index (χ0v) is 16.2. The van der Waals surface area contributed by atoms with E-state index in [-0.39, 0.29) is 16.3 Å². The summed E-state index contributed by atoms with van der Waals surface area (Å²) in [4.78, 5) is 29.5. The average Bonchev–Trinajstić information content (AvgIpc) is 2.73. The lowest BCUT2D eigenvalue weighted by atomic mass is 9.98. The number of ether oxygens (including phenoxy) is 2. The smallest absolute Gasteiger partial charge is 0.356 e. The highest BCUT2D eigenvalue weighted by Gasteiger charge is 2.24. The zero-order valence-electron chi connectivity index (χ0n) is 15.5. The number of nitrogens with zero attached hydrogens (tertiary/aromatic N) is 3. The van der Waals surface area contributed by atoms with Gasteiger partial charge in [-0.15, -0.1) is 0 Å². The normalized spacial score (nSPS) is 16.4. The Labute approximate surface area is 167 Å². The summed E-state index contributed by atoms with van der Waals surface area (Å²) >= 11 is 6.35. The number of hydrogen-bond acceptors (Lipinski definition) is 6. The van der Waals surface area contributed by atoms with Crippen molar-refractivity contribution in [2.45, 2.75) is 25.5 Å². The van der Waals surface area contributed by atoms with Crippen molar-refractivity contribution in [3.05, 3.63) is 57.7 Å². The van der Waals surface area contributed by atoms with Crippen LogP contribution < -0.4 is 5.56 Å². The number of esters is 1. The van der Waals surface area contributed by atoms with Crippen LogP contribution in [0.25, 0.3) is 23.3 Å². The molecule has 2 aromatic rings. The van der Waals surface area contributed by atoms with Crippen LogP contribution in [-0.2, 0) is 9.47 Å². The van der Waals surface area contributed by atoms with E-state index in [1.807, 2.05) is 0 Å². The van der Waals surface area contributed by atoms with Crippen molar-refractivity contribution >= 4 is 29.7 Å². The molecule has 0 bridgehead atoms. The predicted molar refractivity (Wildman–Crippen MR) is 107 cm³/mol. The largest absolute Gasteiger partial charge is 0.464 e. The standard InChI is InChI=1S/C20H20ClN3O4/c1-4-12-13(10-16(20(26)27-3)23-15(12)5-2)18-14(21)11-22-24(19(18)25)17-8-6-7-9-28-17/h4-5,10-11,17H,1-2,6-9H2,3H3. The van der Waals surface area contributed by atoms with Crippen LogP contribution in [0, 0.1) is 0 Å². The van der Waals surface area contributed by atoms with Gasteiger partial charge in [0, 0.05) is 17.7 Å². The van der Waals surface area contributed by atoms with Crippen LogP contribution in [0.1, 0.15) is 47.2 Å². The summed E-state index contributed by atoms with van der Waals surface area (Å²) in [5, 5.41) is 4.30. The summed E-state index contributed by atoms with van der Waals surface area (Å²) < 4.78 is 11.8. The van der Waals surface area contributed by atoms with E-state index in [9.17, 15) is 9.59 Å². The fourth-order valence-corrected chi connectivity index (χ4v) is 3.40. The minimum absolute atomic E-state index is 0.0331. The van der Waals surface area contributed by atoms with Gasteiger partial charge < -0.3 is 9.47 Å². The maximum absolute atomic E-state index is 13.2. The molecule has 1 atom stereocenters. The molecule has 146 valence electrons. The lowest BCUT2D eigenvalue weighted by molar-refractivity contribution is -0.0423. The van der Waals surface area contributed by atoms with Crippen molar-refractivity contribution in [1.29, 1.82) is 0 Å². The SMILES string of the molecule is C=Cc1nc(C(=O)OC)cc(-c2c(Cl)cnn(C3CCCCO3)c2=O)c1C=C. The molecule has 1 aliphatic heterocycles. The van der Waals surface area contributed by atoms with E-state index in [1.165, 1.54) is 36.2 Å². The van der Waals surface area contributed by atoms with Gasteiger partial charge in [0.15, 0.2) is 6.23 Å². The van der Waals surface area contributed by atoms with Gasteiger partial charge in [0.1, 0.15) is 5.69 Å². The molecule has 1 fully saturated rings. The Balaban J connectivity index is 2.27. The van der Waals surface area contributed by atoms with E-state index < -0.39 is 17.8 Å². The Hall–Kier alpha value is -2.77. The number of aromatic nitrogens is 3. The monoisotopic (exact) mass is 401 g/mol. The van der Waals surface area contributed by atoms with E-state index in [0.29, 0.717) is 29.8 Å². The van der Waals surface area contributed by atoms with Crippen molar-refractivity contribution in [2.75, 3.05) is 13.7 Å². The molecule has 8 heteroatoms. The van der Waals surface area contributed by atoms with Crippen molar-refractivity contribution in [3.63, 3.8) is 0 Å². The van der Waals surface area contributed by atoms with Crippen molar-refractivity contribution in [3.8, 4) is 11.1 Å². The molecule has 3 heterocycles. The maximum atomic E-state index is 13.2. The second-order valence-electron chi connectivity index (χ2n) is 6.19. The summed E-state index contributed by atoms with van der Waals surface area (Å²) in [6.45, 7) is 8.09. The van der Waals surface area contributed by atoms with Crippen LogP contribution in [0.5, 0.6) is 0 Å². The highest BCUT2D eigenvalue weighted by atomic mass is 35.5. The summed E-state index contributed by atoms with van der Waals surface area (Å²) in [5.41, 5.74) is 1.13. The van der Waals surface area contributed by atoms with Crippen LogP contribution in [0.15, 0.2) is 30.2 Å². The van der Waals surface area contributed by atoms with Crippen LogP contribution in [0.2, 0.25) is 5.02 Å². The number of methoxy groups -OCH3 is 1. The number of pyridine rings is 1. The molecule has 7 nitrogen and oxygen atoms in total. The lowest BCUT2D eigenvalue weighted by Crippen LogP contribution is -2.32. The number of rotatable bonds is 5. The molecule has 0 amide bonds. The van der Waals surface area contributed by atoms with Crippen LogP contribution in [0.4, 0.5) is 0 Å². The van der Waals surface area contributed by atoms with Gasteiger partial charge in [0.25, 0.3) is 5.56 Å². The third-order valence-electron chi connectivity index (χ3n) is 4.53. The highest BCUT2D eigenvalue weighted by molar-refractivity contribution is 6.33. The highest BCUT2D eigenvalue weighted by Crippen LogP contribution is 2.31. The fraction of sp³-hybridized carbons (Fsp3) is 0.300. The molecule has 2 aromatic heterocycles. The Morgan fingerprint density at radius 1 is 1.39 bits per heavy atom. The quantitative estimate of drug-likeness (QED) is 0.710. The second-order valence-corrected chi connectivity index (χ2v) is 6.60. The van der Waals surface area contributed by atoms with E-state index in [1.54, 1.807) is 0 Å². The Morgan fingerprint density at radius 2 is 2.18 bits per heavy atom. The first-order valence-electron chi connectivity index (χ1n) is 8.79. The maximum Gasteiger partial charge on any atom is 0.356 e. The Bertz CT molecular complexity index is 994. The number of carbonyl (C=O) groups is 1. The molecule has 0 radical (unpaired) electrons. The van der Waals surface area contributed by atoms with Gasteiger partial charge >= 0.3 is 5.97 Å². The molecule has 0 spiro atoms. The van der Waals surface area contributed by atoms with Crippen molar-refractivity contribution in [1.82, 2.24) is 14.8 Å². The van der Waals surface area contributed by atoms with E-state index in [2.05, 4.69) is 23.2 Å². The first-order chi connectivity index (χ1) is 13.5. The summed E-state index contributed by atoms with van der Waals surface area (Å²) in [5.74, 6) is -0.638. The second kappa shape index (κ2) is 8.50. The molecule has 1 saturated heterocycles. The topological polar surface area (TPSA) is 83.3 Å². The third-order valence-corrected chi connectivity index (χ3v) is 4.82. The van der Waals surface area contributed by atoms with Crippen molar-refractivity contribution in [2.24, 2.45) is 0 Å². The Kier molecular flexibility index (Phi) is 6.06. The Morgan fingerprint density at radius 3 is 2.79 bits per heavy atom. The summed E-state index contributed by atoms with van der Waals surface area (Å²) in [7, 11) is 1.26. The van der Waals surface area contributed by atoms with Crippen LogP contribution in [-0.4, -0.2) is 34.5 Å². The molecular weight excluding hydrogens is 382 g/mol.